The molecule has 16 heavy (non-hydrogen) atoms. The first kappa shape index (κ1) is 12.6. The van der Waals surface area contributed by atoms with Crippen molar-refractivity contribution < 1.29 is 4.79 Å². The number of unbranched alkanes of at least 4 members (excludes halogenated alkanes) is 2. The number of aryl methyl sites for hydroxylation is 1. The van der Waals surface area contributed by atoms with E-state index in [1.165, 1.54) is 19.3 Å². The molecule has 1 amide bonds. The third-order valence-corrected chi connectivity index (χ3v) is 2.61. The summed E-state index contributed by atoms with van der Waals surface area (Å²) in [7, 11) is 0. The van der Waals surface area contributed by atoms with Gasteiger partial charge in [0.15, 0.2) is 0 Å². The number of hydrogen-bond donors (Lipinski definition) is 2. The summed E-state index contributed by atoms with van der Waals surface area (Å²) in [6.45, 7) is 5.14. The Morgan fingerprint density at radius 1 is 1.38 bits per heavy atom. The van der Waals surface area contributed by atoms with Gasteiger partial charge in [0, 0.05) is 17.8 Å². The Hall–Kier alpha value is -1.51. The molecule has 0 atom stereocenters. The first-order chi connectivity index (χ1) is 7.65. The highest BCUT2D eigenvalue weighted by Gasteiger charge is 2.03. The second kappa shape index (κ2) is 6.16. The fourth-order valence-electron chi connectivity index (χ4n) is 1.61. The third kappa shape index (κ3) is 3.57. The summed E-state index contributed by atoms with van der Waals surface area (Å²) in [5, 5.41) is 3.36. The minimum atomic E-state index is -0.374. The number of carbonyl (C=O) groups excluding carboxylic acids is 1. The van der Waals surface area contributed by atoms with Crippen LogP contribution in [-0.4, -0.2) is 12.5 Å². The molecule has 0 bridgehead atoms. The fourth-order valence-corrected chi connectivity index (χ4v) is 1.61. The van der Waals surface area contributed by atoms with Crippen molar-refractivity contribution >= 4 is 11.6 Å². The summed E-state index contributed by atoms with van der Waals surface area (Å²) in [6, 6.07) is 5.50. The minimum Gasteiger partial charge on any atom is -0.385 e. The Morgan fingerprint density at radius 3 is 2.69 bits per heavy atom. The maximum Gasteiger partial charge on any atom is 0.248 e. The summed E-state index contributed by atoms with van der Waals surface area (Å²) in [6.07, 6.45) is 3.64. The van der Waals surface area contributed by atoms with Crippen molar-refractivity contribution in [1.29, 1.82) is 0 Å². The quantitative estimate of drug-likeness (QED) is 0.724. The zero-order chi connectivity index (χ0) is 12.0. The van der Waals surface area contributed by atoms with Gasteiger partial charge in [-0.3, -0.25) is 4.79 Å². The van der Waals surface area contributed by atoms with Crippen molar-refractivity contribution in [3.05, 3.63) is 29.3 Å². The lowest BCUT2D eigenvalue weighted by Gasteiger charge is -2.09. The van der Waals surface area contributed by atoms with Gasteiger partial charge in [0.1, 0.15) is 0 Å². The number of rotatable bonds is 6. The van der Waals surface area contributed by atoms with Gasteiger partial charge in [0.2, 0.25) is 5.91 Å². The van der Waals surface area contributed by atoms with E-state index in [4.69, 9.17) is 5.73 Å². The highest BCUT2D eigenvalue weighted by molar-refractivity contribution is 5.93. The van der Waals surface area contributed by atoms with Gasteiger partial charge in [-0.15, -0.1) is 0 Å². The molecule has 0 unspecified atom stereocenters. The second-order valence-electron chi connectivity index (χ2n) is 4.03. The van der Waals surface area contributed by atoms with Gasteiger partial charge in [-0.2, -0.15) is 0 Å². The minimum absolute atomic E-state index is 0.374. The topological polar surface area (TPSA) is 55.1 Å². The molecular weight excluding hydrogens is 200 g/mol. The summed E-state index contributed by atoms with van der Waals surface area (Å²) < 4.78 is 0. The van der Waals surface area contributed by atoms with Crippen LogP contribution in [0.15, 0.2) is 18.2 Å². The maximum atomic E-state index is 11.0. The van der Waals surface area contributed by atoms with Crippen molar-refractivity contribution in [3.8, 4) is 0 Å². The van der Waals surface area contributed by atoms with Gasteiger partial charge >= 0.3 is 0 Å². The van der Waals surface area contributed by atoms with Crippen molar-refractivity contribution in [2.75, 3.05) is 11.9 Å². The largest absolute Gasteiger partial charge is 0.385 e. The lowest BCUT2D eigenvalue weighted by molar-refractivity contribution is 0.100. The van der Waals surface area contributed by atoms with Crippen LogP contribution in [0.1, 0.15) is 42.1 Å². The average molecular weight is 220 g/mol. The number of nitrogens with two attached hydrogens (primary N) is 1. The van der Waals surface area contributed by atoms with Gasteiger partial charge in [-0.25, -0.2) is 0 Å². The van der Waals surface area contributed by atoms with E-state index in [2.05, 4.69) is 12.2 Å². The lowest BCUT2D eigenvalue weighted by Crippen LogP contribution is -2.11. The number of benzene rings is 1. The van der Waals surface area contributed by atoms with Crippen LogP contribution >= 0.6 is 0 Å². The average Bonchev–Trinajstić information content (AvgIpc) is 2.26. The van der Waals surface area contributed by atoms with Crippen LogP contribution in [0.2, 0.25) is 0 Å². The Bertz CT molecular complexity index is 361. The predicted octanol–water partition coefficient (Wildman–Crippen LogP) is 2.70. The normalized spacial score (nSPS) is 10.1. The SMILES string of the molecule is CCCCCNc1ccc(C(N)=O)cc1C. The smallest absolute Gasteiger partial charge is 0.248 e. The first-order valence-corrected chi connectivity index (χ1v) is 5.79. The first-order valence-electron chi connectivity index (χ1n) is 5.79. The predicted molar refractivity (Wildman–Crippen MR) is 67.7 cm³/mol. The van der Waals surface area contributed by atoms with E-state index in [-0.39, 0.29) is 5.91 Å². The summed E-state index contributed by atoms with van der Waals surface area (Å²) in [4.78, 5) is 11.0. The van der Waals surface area contributed by atoms with Crippen molar-refractivity contribution in [3.63, 3.8) is 0 Å². The molecule has 1 aromatic carbocycles. The van der Waals surface area contributed by atoms with Gasteiger partial charge in [0.25, 0.3) is 0 Å². The van der Waals surface area contributed by atoms with Crippen molar-refractivity contribution in [2.24, 2.45) is 5.73 Å². The Labute approximate surface area is 97.0 Å². The highest BCUT2D eigenvalue weighted by atomic mass is 16.1. The zero-order valence-electron chi connectivity index (χ0n) is 10.0. The van der Waals surface area contributed by atoms with Crippen LogP contribution < -0.4 is 11.1 Å². The number of nitrogens with one attached hydrogen (secondary N) is 1. The van der Waals surface area contributed by atoms with E-state index in [9.17, 15) is 4.79 Å². The molecule has 0 saturated carbocycles. The molecule has 0 aliphatic carbocycles. The van der Waals surface area contributed by atoms with Gasteiger partial charge in [0.05, 0.1) is 0 Å². The molecule has 3 nitrogen and oxygen atoms in total. The van der Waals surface area contributed by atoms with Crippen LogP contribution in [0.5, 0.6) is 0 Å². The molecule has 3 N–H and O–H groups in total. The maximum absolute atomic E-state index is 11.0. The summed E-state index contributed by atoms with van der Waals surface area (Å²) in [5.41, 5.74) is 7.93. The van der Waals surface area contributed by atoms with E-state index in [0.29, 0.717) is 5.56 Å². The van der Waals surface area contributed by atoms with E-state index in [0.717, 1.165) is 17.8 Å². The van der Waals surface area contributed by atoms with Gasteiger partial charge in [-0.05, 0) is 37.1 Å². The van der Waals surface area contributed by atoms with Crippen LogP contribution in [0.25, 0.3) is 0 Å². The van der Waals surface area contributed by atoms with Gasteiger partial charge in [-0.1, -0.05) is 19.8 Å². The number of amides is 1. The molecule has 0 saturated heterocycles. The molecule has 3 heteroatoms. The molecule has 0 spiro atoms. The number of hydrogen-bond acceptors (Lipinski definition) is 2. The lowest BCUT2D eigenvalue weighted by atomic mass is 10.1. The molecular formula is C13H20N2O. The molecule has 0 aliphatic heterocycles. The molecule has 1 aromatic rings. The molecule has 1 rings (SSSR count). The Kier molecular flexibility index (Phi) is 4.83. The number of primary amides is 1. The second-order valence-corrected chi connectivity index (χ2v) is 4.03. The standard InChI is InChI=1S/C13H20N2O/c1-3-4-5-8-15-12-7-6-11(13(14)16)9-10(12)2/h6-7,9,15H,3-5,8H2,1-2H3,(H2,14,16). The Morgan fingerprint density at radius 2 is 2.12 bits per heavy atom. The Balaban J connectivity index is 2.57. The zero-order valence-corrected chi connectivity index (χ0v) is 10.0. The van der Waals surface area contributed by atoms with E-state index < -0.39 is 0 Å². The van der Waals surface area contributed by atoms with Crippen molar-refractivity contribution in [2.45, 2.75) is 33.1 Å². The number of anilines is 1. The van der Waals surface area contributed by atoms with Crippen LogP contribution in [-0.2, 0) is 0 Å². The van der Waals surface area contributed by atoms with E-state index in [1.54, 1.807) is 6.07 Å². The molecule has 0 aliphatic rings. The fraction of sp³-hybridized carbons (Fsp3) is 0.462. The molecule has 88 valence electrons. The van der Waals surface area contributed by atoms with Crippen LogP contribution in [0.3, 0.4) is 0 Å². The monoisotopic (exact) mass is 220 g/mol. The van der Waals surface area contributed by atoms with E-state index >= 15 is 0 Å². The third-order valence-electron chi connectivity index (χ3n) is 2.61. The van der Waals surface area contributed by atoms with Crippen LogP contribution in [0, 0.1) is 6.92 Å². The highest BCUT2D eigenvalue weighted by Crippen LogP contribution is 2.16. The summed E-state index contributed by atoms with van der Waals surface area (Å²) >= 11 is 0. The molecule has 0 radical (unpaired) electrons. The van der Waals surface area contributed by atoms with Crippen molar-refractivity contribution in [1.82, 2.24) is 0 Å². The molecule has 0 fully saturated rings. The number of carbonyl (C=O) groups is 1. The summed E-state index contributed by atoms with van der Waals surface area (Å²) in [5.74, 6) is -0.374. The molecule has 0 aromatic heterocycles. The van der Waals surface area contributed by atoms with E-state index in [1.807, 2.05) is 19.1 Å². The van der Waals surface area contributed by atoms with Crippen LogP contribution in [0.4, 0.5) is 5.69 Å². The molecule has 0 heterocycles. The van der Waals surface area contributed by atoms with Gasteiger partial charge < -0.3 is 11.1 Å².